The molecule has 0 aliphatic carbocycles. The van der Waals surface area contributed by atoms with Crippen molar-refractivity contribution in [2.45, 2.75) is 26.1 Å². The van der Waals surface area contributed by atoms with Crippen molar-refractivity contribution >= 4 is 27.4 Å². The Morgan fingerprint density at radius 2 is 2.06 bits per heavy atom. The normalized spacial score (nSPS) is 25.4. The summed E-state index contributed by atoms with van der Waals surface area (Å²) in [4.78, 5) is 12.1. The topological polar surface area (TPSA) is 38.2 Å². The van der Waals surface area contributed by atoms with Gasteiger partial charge in [0.2, 0.25) is 0 Å². The number of ether oxygens (including phenoxy) is 1. The summed E-state index contributed by atoms with van der Waals surface area (Å²) >= 11 is 1.66. The van der Waals surface area contributed by atoms with Crippen LogP contribution in [-0.2, 0) is 4.74 Å². The molecule has 90 valence electrons. The Labute approximate surface area is 104 Å². The molecule has 3 heterocycles. The highest BCUT2D eigenvalue weighted by Gasteiger charge is 2.24. The summed E-state index contributed by atoms with van der Waals surface area (Å²) in [5.74, 6) is 1.04. The van der Waals surface area contributed by atoms with Gasteiger partial charge >= 0.3 is 0 Å². The molecule has 3 rings (SSSR count). The minimum atomic E-state index is 0.252. The fourth-order valence-corrected chi connectivity index (χ4v) is 3.11. The molecule has 2 aromatic heterocycles. The van der Waals surface area contributed by atoms with Gasteiger partial charge in [0.25, 0.3) is 0 Å². The lowest BCUT2D eigenvalue weighted by atomic mass is 10.2. The van der Waals surface area contributed by atoms with E-state index < -0.39 is 0 Å². The van der Waals surface area contributed by atoms with Gasteiger partial charge in [0.1, 0.15) is 17.0 Å². The van der Waals surface area contributed by atoms with E-state index in [1.807, 2.05) is 0 Å². The number of rotatable bonds is 1. The molecule has 4 nitrogen and oxygen atoms in total. The summed E-state index contributed by atoms with van der Waals surface area (Å²) in [6, 6.07) is 2.10. The maximum absolute atomic E-state index is 5.75. The van der Waals surface area contributed by atoms with Gasteiger partial charge in [-0.15, -0.1) is 11.3 Å². The highest BCUT2D eigenvalue weighted by Crippen LogP contribution is 2.28. The fourth-order valence-electron chi connectivity index (χ4n) is 2.38. The summed E-state index contributed by atoms with van der Waals surface area (Å²) in [6.07, 6.45) is 2.16. The van der Waals surface area contributed by atoms with Crippen molar-refractivity contribution in [3.05, 3.63) is 17.8 Å². The molecule has 0 saturated carbocycles. The van der Waals surface area contributed by atoms with Gasteiger partial charge in [-0.25, -0.2) is 9.97 Å². The quantitative estimate of drug-likeness (QED) is 0.777. The van der Waals surface area contributed by atoms with Gasteiger partial charge in [0.05, 0.1) is 17.6 Å². The first-order valence-electron chi connectivity index (χ1n) is 5.82. The first-order chi connectivity index (χ1) is 8.24. The predicted octanol–water partition coefficient (Wildman–Crippen LogP) is 2.30. The van der Waals surface area contributed by atoms with Gasteiger partial charge in [-0.1, -0.05) is 0 Å². The zero-order valence-electron chi connectivity index (χ0n) is 9.96. The van der Waals surface area contributed by atoms with E-state index in [9.17, 15) is 0 Å². The lowest BCUT2D eigenvalue weighted by molar-refractivity contribution is -0.00537. The van der Waals surface area contributed by atoms with Crippen LogP contribution in [-0.4, -0.2) is 35.3 Å². The minimum absolute atomic E-state index is 0.252. The molecule has 1 fully saturated rings. The molecule has 2 atom stereocenters. The van der Waals surface area contributed by atoms with Crippen molar-refractivity contribution < 1.29 is 4.74 Å². The number of fused-ring (bicyclic) bond motifs is 1. The van der Waals surface area contributed by atoms with Crippen molar-refractivity contribution in [2.24, 2.45) is 0 Å². The monoisotopic (exact) mass is 249 g/mol. The van der Waals surface area contributed by atoms with E-state index in [4.69, 9.17) is 4.74 Å². The van der Waals surface area contributed by atoms with Crippen molar-refractivity contribution in [1.29, 1.82) is 0 Å². The zero-order valence-corrected chi connectivity index (χ0v) is 10.8. The van der Waals surface area contributed by atoms with Crippen LogP contribution in [0.1, 0.15) is 13.8 Å². The Balaban J connectivity index is 2.00. The fraction of sp³-hybridized carbons (Fsp3) is 0.500. The van der Waals surface area contributed by atoms with Crippen molar-refractivity contribution in [2.75, 3.05) is 18.0 Å². The van der Waals surface area contributed by atoms with Crippen LogP contribution >= 0.6 is 11.3 Å². The van der Waals surface area contributed by atoms with Crippen LogP contribution in [0, 0.1) is 0 Å². The Morgan fingerprint density at radius 1 is 1.29 bits per heavy atom. The summed E-state index contributed by atoms with van der Waals surface area (Å²) in [5.41, 5.74) is 0. The van der Waals surface area contributed by atoms with Crippen LogP contribution in [0.2, 0.25) is 0 Å². The van der Waals surface area contributed by atoms with Gasteiger partial charge < -0.3 is 9.64 Å². The van der Waals surface area contributed by atoms with Crippen molar-refractivity contribution in [3.63, 3.8) is 0 Å². The molecule has 5 heteroatoms. The van der Waals surface area contributed by atoms with Gasteiger partial charge in [0.15, 0.2) is 0 Å². The first-order valence-corrected chi connectivity index (χ1v) is 6.70. The second kappa shape index (κ2) is 4.23. The second-order valence-electron chi connectivity index (χ2n) is 4.50. The van der Waals surface area contributed by atoms with Crippen LogP contribution in [0.4, 0.5) is 5.82 Å². The summed E-state index contributed by atoms with van der Waals surface area (Å²) in [7, 11) is 0. The van der Waals surface area contributed by atoms with E-state index in [1.54, 1.807) is 17.7 Å². The van der Waals surface area contributed by atoms with Crippen LogP contribution < -0.4 is 4.90 Å². The number of morpholine rings is 1. The van der Waals surface area contributed by atoms with E-state index >= 15 is 0 Å². The van der Waals surface area contributed by atoms with Crippen LogP contribution in [0.5, 0.6) is 0 Å². The van der Waals surface area contributed by atoms with Crippen molar-refractivity contribution in [1.82, 2.24) is 9.97 Å². The highest BCUT2D eigenvalue weighted by atomic mass is 32.1. The molecule has 0 bridgehead atoms. The van der Waals surface area contributed by atoms with Gasteiger partial charge in [0, 0.05) is 13.1 Å². The van der Waals surface area contributed by atoms with E-state index in [1.165, 1.54) is 0 Å². The Bertz CT molecular complexity index is 517. The molecule has 0 unspecified atom stereocenters. The average Bonchev–Trinajstić information content (AvgIpc) is 2.75. The molecule has 1 aliphatic rings. The molecule has 0 amide bonds. The van der Waals surface area contributed by atoms with Gasteiger partial charge in [-0.05, 0) is 25.3 Å². The predicted molar refractivity (Wildman–Crippen MR) is 69.6 cm³/mol. The van der Waals surface area contributed by atoms with Crippen LogP contribution in [0.25, 0.3) is 10.2 Å². The molecule has 2 aromatic rings. The Morgan fingerprint density at radius 3 is 2.82 bits per heavy atom. The highest BCUT2D eigenvalue weighted by molar-refractivity contribution is 7.16. The summed E-state index contributed by atoms with van der Waals surface area (Å²) < 4.78 is 5.75. The largest absolute Gasteiger partial charge is 0.372 e. The second-order valence-corrected chi connectivity index (χ2v) is 5.39. The SMILES string of the molecule is C[C@H]1CN(c2ncnc3sccc23)C[C@H](C)O1. The molecule has 0 aromatic carbocycles. The lowest BCUT2D eigenvalue weighted by Crippen LogP contribution is -2.45. The zero-order chi connectivity index (χ0) is 11.8. The third-order valence-electron chi connectivity index (χ3n) is 2.96. The molecule has 1 aliphatic heterocycles. The summed E-state index contributed by atoms with van der Waals surface area (Å²) in [5, 5.41) is 3.22. The number of nitrogens with zero attached hydrogens (tertiary/aromatic N) is 3. The number of hydrogen-bond donors (Lipinski definition) is 0. The third-order valence-corrected chi connectivity index (χ3v) is 3.78. The standard InChI is InChI=1S/C12H15N3OS/c1-8-5-15(6-9(2)16-8)11-10-3-4-17-12(10)14-7-13-11/h3-4,7-9H,5-6H2,1-2H3/t8-,9-/m0/s1. The number of anilines is 1. The van der Waals surface area contributed by atoms with E-state index in [2.05, 4.69) is 40.2 Å². The molecule has 0 radical (unpaired) electrons. The molecule has 17 heavy (non-hydrogen) atoms. The van der Waals surface area contributed by atoms with Gasteiger partial charge in [-0.2, -0.15) is 0 Å². The number of thiophene rings is 1. The minimum Gasteiger partial charge on any atom is -0.372 e. The van der Waals surface area contributed by atoms with Crippen LogP contribution in [0.15, 0.2) is 17.8 Å². The van der Waals surface area contributed by atoms with E-state index in [-0.39, 0.29) is 12.2 Å². The lowest BCUT2D eigenvalue weighted by Gasteiger charge is -2.36. The molecule has 0 N–H and O–H groups in total. The van der Waals surface area contributed by atoms with E-state index in [0.717, 1.165) is 29.1 Å². The number of aromatic nitrogens is 2. The average molecular weight is 249 g/mol. The Kier molecular flexibility index (Phi) is 2.72. The molecule has 0 spiro atoms. The first kappa shape index (κ1) is 10.9. The maximum atomic E-state index is 5.75. The van der Waals surface area contributed by atoms with Gasteiger partial charge in [-0.3, -0.25) is 0 Å². The smallest absolute Gasteiger partial charge is 0.140 e. The molecule has 1 saturated heterocycles. The third kappa shape index (κ3) is 2.00. The van der Waals surface area contributed by atoms with E-state index in [0.29, 0.717) is 0 Å². The number of hydrogen-bond acceptors (Lipinski definition) is 5. The maximum Gasteiger partial charge on any atom is 0.140 e. The molecular formula is C12H15N3OS. The summed E-state index contributed by atoms with van der Waals surface area (Å²) in [6.45, 7) is 6.00. The Hall–Kier alpha value is -1.20. The van der Waals surface area contributed by atoms with Crippen molar-refractivity contribution in [3.8, 4) is 0 Å². The van der Waals surface area contributed by atoms with Crippen LogP contribution in [0.3, 0.4) is 0 Å². The molecular weight excluding hydrogens is 234 g/mol.